The molecule has 1 unspecified atom stereocenters. The van der Waals surface area contributed by atoms with Crippen LogP contribution in [0.15, 0.2) is 59.5 Å². The molecular formula is C20H21ClN2O5S. The number of anilines is 1. The molecule has 0 radical (unpaired) electrons. The van der Waals surface area contributed by atoms with E-state index < -0.39 is 34.4 Å². The van der Waals surface area contributed by atoms with Gasteiger partial charge >= 0.3 is 5.97 Å². The van der Waals surface area contributed by atoms with E-state index in [1.165, 1.54) is 28.6 Å². The summed E-state index contributed by atoms with van der Waals surface area (Å²) in [6, 6.07) is 14.7. The third-order valence-corrected chi connectivity index (χ3v) is 6.70. The molecule has 1 heterocycles. The summed E-state index contributed by atoms with van der Waals surface area (Å²) in [6.07, 6.45) is 1.04. The number of piperidine rings is 1. The minimum Gasteiger partial charge on any atom is -0.455 e. The van der Waals surface area contributed by atoms with Crippen LogP contribution >= 0.6 is 11.6 Å². The number of esters is 1. The van der Waals surface area contributed by atoms with E-state index in [0.717, 1.165) is 0 Å². The zero-order valence-corrected chi connectivity index (χ0v) is 17.2. The zero-order chi connectivity index (χ0) is 20.9. The fraction of sp³-hybridized carbons (Fsp3) is 0.300. The fourth-order valence-corrected chi connectivity index (χ4v) is 4.73. The van der Waals surface area contributed by atoms with Gasteiger partial charge in [0.05, 0.1) is 10.8 Å². The molecule has 0 bridgehead atoms. The summed E-state index contributed by atoms with van der Waals surface area (Å²) in [5, 5.41) is 3.07. The molecule has 1 fully saturated rings. The number of benzene rings is 2. The van der Waals surface area contributed by atoms with Crippen molar-refractivity contribution < 1.29 is 22.7 Å². The molecule has 0 aromatic heterocycles. The van der Waals surface area contributed by atoms with E-state index in [1.807, 2.05) is 6.07 Å². The number of para-hydroxylation sites is 1. The van der Waals surface area contributed by atoms with Crippen LogP contribution in [0.5, 0.6) is 0 Å². The summed E-state index contributed by atoms with van der Waals surface area (Å²) < 4.78 is 32.0. The maximum Gasteiger partial charge on any atom is 0.310 e. The minimum atomic E-state index is -3.73. The van der Waals surface area contributed by atoms with Gasteiger partial charge in [0, 0.05) is 23.8 Å². The number of hydrogen-bond donors (Lipinski definition) is 1. The van der Waals surface area contributed by atoms with Gasteiger partial charge in [-0.05, 0) is 49.2 Å². The highest BCUT2D eigenvalue weighted by Crippen LogP contribution is 2.25. The first-order chi connectivity index (χ1) is 13.9. The Morgan fingerprint density at radius 3 is 2.48 bits per heavy atom. The van der Waals surface area contributed by atoms with E-state index in [0.29, 0.717) is 30.1 Å². The van der Waals surface area contributed by atoms with Crippen molar-refractivity contribution in [3.8, 4) is 0 Å². The fourth-order valence-electron chi connectivity index (χ4n) is 3.08. The smallest absolute Gasteiger partial charge is 0.310 e. The molecule has 1 aliphatic heterocycles. The predicted molar refractivity (Wildman–Crippen MR) is 109 cm³/mol. The lowest BCUT2D eigenvalue weighted by Crippen LogP contribution is -2.43. The number of ether oxygens (including phenoxy) is 1. The predicted octanol–water partition coefficient (Wildman–Crippen LogP) is 2.92. The number of halogens is 1. The van der Waals surface area contributed by atoms with Crippen molar-refractivity contribution in [1.29, 1.82) is 0 Å². The largest absolute Gasteiger partial charge is 0.455 e. The Hall–Kier alpha value is -2.42. The van der Waals surface area contributed by atoms with Crippen LogP contribution in [0.3, 0.4) is 0 Å². The molecule has 2 aromatic carbocycles. The lowest BCUT2D eigenvalue weighted by Gasteiger charge is -2.30. The SMILES string of the molecule is O=C(COC(=O)C1CCCN(S(=O)(=O)c2ccc(Cl)cc2)C1)Nc1ccccc1. The first-order valence-corrected chi connectivity index (χ1v) is 11.0. The van der Waals surface area contributed by atoms with E-state index in [4.69, 9.17) is 16.3 Å². The second-order valence-corrected chi connectivity index (χ2v) is 9.05. The third-order valence-electron chi connectivity index (χ3n) is 4.57. The standard InChI is InChI=1S/C20H21ClN2O5S/c21-16-8-10-18(11-9-16)29(26,27)23-12-4-5-15(13-23)20(25)28-14-19(24)22-17-6-2-1-3-7-17/h1-3,6-11,15H,4-5,12-14H2,(H,22,24). The van der Waals surface area contributed by atoms with Crippen molar-refractivity contribution in [1.82, 2.24) is 4.31 Å². The van der Waals surface area contributed by atoms with E-state index in [1.54, 1.807) is 24.3 Å². The van der Waals surface area contributed by atoms with E-state index in [9.17, 15) is 18.0 Å². The summed E-state index contributed by atoms with van der Waals surface area (Å²) in [7, 11) is -3.73. The van der Waals surface area contributed by atoms with Crippen LogP contribution < -0.4 is 5.32 Å². The van der Waals surface area contributed by atoms with Crippen LogP contribution in [0, 0.1) is 5.92 Å². The van der Waals surface area contributed by atoms with Gasteiger partial charge in [-0.3, -0.25) is 9.59 Å². The molecule has 1 aliphatic rings. The van der Waals surface area contributed by atoms with Gasteiger partial charge in [-0.15, -0.1) is 0 Å². The number of nitrogens with one attached hydrogen (secondary N) is 1. The van der Waals surface area contributed by atoms with Crippen molar-refractivity contribution in [2.24, 2.45) is 5.92 Å². The van der Waals surface area contributed by atoms with E-state index >= 15 is 0 Å². The second-order valence-electron chi connectivity index (χ2n) is 6.68. The van der Waals surface area contributed by atoms with Gasteiger partial charge in [-0.2, -0.15) is 4.31 Å². The summed E-state index contributed by atoms with van der Waals surface area (Å²) in [5.41, 5.74) is 0.603. The van der Waals surface area contributed by atoms with Crippen LogP contribution in [0.4, 0.5) is 5.69 Å². The molecule has 2 aromatic rings. The van der Waals surface area contributed by atoms with Crippen molar-refractivity contribution in [2.75, 3.05) is 25.0 Å². The molecule has 7 nitrogen and oxygen atoms in total. The van der Waals surface area contributed by atoms with Crippen LogP contribution in [-0.2, 0) is 24.3 Å². The summed E-state index contributed by atoms with van der Waals surface area (Å²) in [6.45, 7) is -0.0819. The topological polar surface area (TPSA) is 92.8 Å². The average Bonchev–Trinajstić information content (AvgIpc) is 2.73. The molecule has 154 valence electrons. The molecule has 1 saturated heterocycles. The normalized spacial score (nSPS) is 17.5. The van der Waals surface area contributed by atoms with Gasteiger partial charge in [-0.1, -0.05) is 29.8 Å². The maximum absolute atomic E-state index is 12.8. The minimum absolute atomic E-state index is 0.0180. The number of hydrogen-bond acceptors (Lipinski definition) is 5. The summed E-state index contributed by atoms with van der Waals surface area (Å²) >= 11 is 5.82. The molecule has 0 spiro atoms. The molecule has 1 atom stereocenters. The molecular weight excluding hydrogens is 416 g/mol. The maximum atomic E-state index is 12.8. The number of sulfonamides is 1. The summed E-state index contributed by atoms with van der Waals surface area (Å²) in [4.78, 5) is 24.4. The van der Waals surface area contributed by atoms with Crippen LogP contribution in [0.25, 0.3) is 0 Å². The number of carbonyl (C=O) groups is 2. The highest BCUT2D eigenvalue weighted by molar-refractivity contribution is 7.89. The molecule has 1 N–H and O–H groups in total. The molecule has 1 amide bonds. The monoisotopic (exact) mass is 436 g/mol. The Balaban J connectivity index is 1.56. The number of nitrogens with zero attached hydrogens (tertiary/aromatic N) is 1. The Kier molecular flexibility index (Phi) is 6.89. The average molecular weight is 437 g/mol. The van der Waals surface area contributed by atoms with Gasteiger partial charge in [0.15, 0.2) is 6.61 Å². The highest BCUT2D eigenvalue weighted by atomic mass is 35.5. The van der Waals surface area contributed by atoms with Crippen molar-refractivity contribution in [3.63, 3.8) is 0 Å². The number of amides is 1. The molecule has 0 saturated carbocycles. The Morgan fingerprint density at radius 2 is 1.79 bits per heavy atom. The lowest BCUT2D eigenvalue weighted by atomic mass is 10.00. The third kappa shape index (κ3) is 5.56. The second kappa shape index (κ2) is 9.39. The molecule has 3 rings (SSSR count). The van der Waals surface area contributed by atoms with Crippen molar-refractivity contribution >= 4 is 39.2 Å². The van der Waals surface area contributed by atoms with Crippen molar-refractivity contribution in [2.45, 2.75) is 17.7 Å². The first kappa shape index (κ1) is 21.3. The van der Waals surface area contributed by atoms with E-state index in [2.05, 4.69) is 5.32 Å². The van der Waals surface area contributed by atoms with E-state index in [-0.39, 0.29) is 11.4 Å². The summed E-state index contributed by atoms with van der Waals surface area (Å²) in [5.74, 6) is -1.65. The van der Waals surface area contributed by atoms with Gasteiger partial charge < -0.3 is 10.1 Å². The van der Waals surface area contributed by atoms with Crippen LogP contribution in [-0.4, -0.2) is 44.3 Å². The highest BCUT2D eigenvalue weighted by Gasteiger charge is 2.34. The van der Waals surface area contributed by atoms with Crippen LogP contribution in [0.1, 0.15) is 12.8 Å². The molecule has 0 aliphatic carbocycles. The van der Waals surface area contributed by atoms with Gasteiger partial charge in [0.25, 0.3) is 5.91 Å². The number of carbonyl (C=O) groups excluding carboxylic acids is 2. The molecule has 9 heteroatoms. The number of rotatable bonds is 6. The Morgan fingerprint density at radius 1 is 1.10 bits per heavy atom. The van der Waals surface area contributed by atoms with Gasteiger partial charge in [-0.25, -0.2) is 8.42 Å². The van der Waals surface area contributed by atoms with Crippen LogP contribution in [0.2, 0.25) is 5.02 Å². The lowest BCUT2D eigenvalue weighted by molar-refractivity contribution is -0.152. The Labute approximate surface area is 174 Å². The zero-order valence-electron chi connectivity index (χ0n) is 15.6. The first-order valence-electron chi connectivity index (χ1n) is 9.13. The van der Waals surface area contributed by atoms with Crippen molar-refractivity contribution in [3.05, 3.63) is 59.6 Å². The Bertz CT molecular complexity index is 964. The molecule has 29 heavy (non-hydrogen) atoms. The quantitative estimate of drug-likeness (QED) is 0.703. The van der Waals surface area contributed by atoms with Gasteiger partial charge in [0.2, 0.25) is 10.0 Å². The van der Waals surface area contributed by atoms with Gasteiger partial charge in [0.1, 0.15) is 0 Å².